The predicted molar refractivity (Wildman–Crippen MR) is 139 cm³/mol. The highest BCUT2D eigenvalue weighted by atomic mass is 16.6. The van der Waals surface area contributed by atoms with Crippen molar-refractivity contribution in [1.29, 1.82) is 0 Å². The molecule has 39 heavy (non-hydrogen) atoms. The van der Waals surface area contributed by atoms with Crippen LogP contribution in [0, 0.1) is 10.1 Å². The number of non-ortho nitro benzene ring substituents is 1. The maximum absolute atomic E-state index is 13.8. The molecule has 1 unspecified atom stereocenters. The molecular formula is C27H27N5O7. The average Bonchev–Trinajstić information content (AvgIpc) is 2.96. The lowest BCUT2D eigenvalue weighted by atomic mass is 10.1. The maximum atomic E-state index is 13.8. The minimum absolute atomic E-state index is 0.0407. The summed E-state index contributed by atoms with van der Waals surface area (Å²) in [4.78, 5) is 62.2. The lowest BCUT2D eigenvalue weighted by Gasteiger charge is -2.40. The standard InChI is InChI=1S/C27H27N5O7/c1-17-15-30(13-14-31(17)25(33)19-9-11-20(12-10-19)32(36)37)26(34)23-22(27(35)39-3)21(16-38-2)28-24(29-23)18-7-5-4-6-8-18/h4-12,17H,13-16H2,1-3H3. The van der Waals surface area contributed by atoms with E-state index in [1.807, 2.05) is 18.2 Å². The van der Waals surface area contributed by atoms with Crippen LogP contribution in [0.2, 0.25) is 0 Å². The zero-order valence-corrected chi connectivity index (χ0v) is 21.7. The van der Waals surface area contributed by atoms with Gasteiger partial charge in [0.1, 0.15) is 11.3 Å². The van der Waals surface area contributed by atoms with Crippen molar-refractivity contribution in [2.24, 2.45) is 0 Å². The highest BCUT2D eigenvalue weighted by molar-refractivity contribution is 6.05. The van der Waals surface area contributed by atoms with Gasteiger partial charge in [-0.25, -0.2) is 14.8 Å². The molecule has 0 bridgehead atoms. The Kier molecular flexibility index (Phi) is 8.25. The number of hydrogen-bond donors (Lipinski definition) is 0. The van der Waals surface area contributed by atoms with Crippen molar-refractivity contribution in [3.05, 3.63) is 87.2 Å². The number of carbonyl (C=O) groups excluding carboxylic acids is 3. The van der Waals surface area contributed by atoms with Crippen LogP contribution in [0.25, 0.3) is 11.4 Å². The highest BCUT2D eigenvalue weighted by Crippen LogP contribution is 2.24. The summed E-state index contributed by atoms with van der Waals surface area (Å²) in [6.45, 7) is 2.35. The molecule has 12 nitrogen and oxygen atoms in total. The molecule has 0 aliphatic carbocycles. The van der Waals surface area contributed by atoms with Crippen LogP contribution in [-0.4, -0.2) is 82.4 Å². The summed E-state index contributed by atoms with van der Waals surface area (Å²) in [5.41, 5.74) is 0.914. The second kappa shape index (κ2) is 11.8. The molecule has 4 rings (SSSR count). The lowest BCUT2D eigenvalue weighted by molar-refractivity contribution is -0.384. The summed E-state index contributed by atoms with van der Waals surface area (Å²) in [6, 6.07) is 14.1. The van der Waals surface area contributed by atoms with Crippen molar-refractivity contribution in [3.8, 4) is 11.4 Å². The first-order valence-electron chi connectivity index (χ1n) is 12.1. The zero-order valence-electron chi connectivity index (χ0n) is 21.7. The van der Waals surface area contributed by atoms with Gasteiger partial charge in [0.15, 0.2) is 5.82 Å². The lowest BCUT2D eigenvalue weighted by Crippen LogP contribution is -2.55. The predicted octanol–water partition coefficient (Wildman–Crippen LogP) is 2.97. The summed E-state index contributed by atoms with van der Waals surface area (Å²) < 4.78 is 10.2. The Bertz CT molecular complexity index is 1400. The summed E-state index contributed by atoms with van der Waals surface area (Å²) >= 11 is 0. The van der Waals surface area contributed by atoms with Gasteiger partial charge in [0.2, 0.25) is 0 Å². The van der Waals surface area contributed by atoms with Crippen molar-refractivity contribution in [1.82, 2.24) is 19.8 Å². The third kappa shape index (κ3) is 5.75. The number of nitro benzene ring substituents is 1. The Morgan fingerprint density at radius 2 is 1.69 bits per heavy atom. The molecule has 1 aliphatic rings. The first-order chi connectivity index (χ1) is 18.7. The zero-order chi connectivity index (χ0) is 28.1. The van der Waals surface area contributed by atoms with Crippen LogP contribution < -0.4 is 0 Å². The second-order valence-electron chi connectivity index (χ2n) is 8.91. The van der Waals surface area contributed by atoms with Crippen LogP contribution in [0.4, 0.5) is 5.69 Å². The molecule has 0 spiro atoms. The molecule has 0 N–H and O–H groups in total. The van der Waals surface area contributed by atoms with Crippen LogP contribution in [0.15, 0.2) is 54.6 Å². The third-order valence-electron chi connectivity index (χ3n) is 6.39. The molecule has 202 valence electrons. The number of hydrogen-bond acceptors (Lipinski definition) is 9. The Labute approximate surface area is 224 Å². The highest BCUT2D eigenvalue weighted by Gasteiger charge is 2.34. The van der Waals surface area contributed by atoms with Crippen molar-refractivity contribution in [3.63, 3.8) is 0 Å². The van der Waals surface area contributed by atoms with Gasteiger partial charge in [-0.2, -0.15) is 0 Å². The van der Waals surface area contributed by atoms with E-state index in [1.165, 1.54) is 43.4 Å². The van der Waals surface area contributed by atoms with Gasteiger partial charge in [-0.05, 0) is 19.1 Å². The van der Waals surface area contributed by atoms with Crippen LogP contribution >= 0.6 is 0 Å². The van der Waals surface area contributed by atoms with E-state index >= 15 is 0 Å². The van der Waals surface area contributed by atoms with Gasteiger partial charge < -0.3 is 19.3 Å². The third-order valence-corrected chi connectivity index (χ3v) is 6.39. The van der Waals surface area contributed by atoms with E-state index in [0.717, 1.165) is 0 Å². The molecule has 1 aromatic heterocycles. The Morgan fingerprint density at radius 3 is 2.28 bits per heavy atom. The van der Waals surface area contributed by atoms with E-state index in [9.17, 15) is 24.5 Å². The molecule has 1 aliphatic heterocycles. The SMILES string of the molecule is COCc1nc(-c2ccccc2)nc(C(=O)N2CCN(C(=O)c3ccc([N+](=O)[O-])cc3)C(C)C2)c1C(=O)OC. The van der Waals surface area contributed by atoms with E-state index in [-0.39, 0.29) is 66.7 Å². The molecule has 3 aromatic rings. The number of esters is 1. The van der Waals surface area contributed by atoms with E-state index in [2.05, 4.69) is 9.97 Å². The second-order valence-corrected chi connectivity index (χ2v) is 8.91. The van der Waals surface area contributed by atoms with E-state index in [0.29, 0.717) is 11.1 Å². The normalized spacial score (nSPS) is 15.1. The fourth-order valence-electron chi connectivity index (χ4n) is 4.42. The minimum atomic E-state index is -0.759. The Balaban J connectivity index is 1.63. The van der Waals surface area contributed by atoms with Gasteiger partial charge in [0, 0.05) is 56.0 Å². The van der Waals surface area contributed by atoms with Crippen molar-refractivity contribution < 1.29 is 28.8 Å². The van der Waals surface area contributed by atoms with Crippen LogP contribution in [0.1, 0.15) is 43.8 Å². The number of carbonyl (C=O) groups is 3. The fourth-order valence-corrected chi connectivity index (χ4v) is 4.42. The maximum Gasteiger partial charge on any atom is 0.342 e. The Hall–Kier alpha value is -4.71. The monoisotopic (exact) mass is 533 g/mol. The summed E-state index contributed by atoms with van der Waals surface area (Å²) in [5, 5.41) is 10.9. The smallest absolute Gasteiger partial charge is 0.342 e. The number of amides is 2. The molecule has 1 fully saturated rings. The molecule has 2 heterocycles. The number of benzene rings is 2. The quantitative estimate of drug-likeness (QED) is 0.254. The largest absolute Gasteiger partial charge is 0.465 e. The van der Waals surface area contributed by atoms with Gasteiger partial charge in [-0.1, -0.05) is 30.3 Å². The average molecular weight is 534 g/mol. The van der Waals surface area contributed by atoms with Crippen molar-refractivity contribution in [2.45, 2.75) is 19.6 Å². The van der Waals surface area contributed by atoms with E-state index in [4.69, 9.17) is 9.47 Å². The van der Waals surface area contributed by atoms with Crippen LogP contribution in [-0.2, 0) is 16.1 Å². The van der Waals surface area contributed by atoms with Gasteiger partial charge in [-0.15, -0.1) is 0 Å². The summed E-state index contributed by atoms with van der Waals surface area (Å²) in [5.74, 6) is -1.29. The van der Waals surface area contributed by atoms with Gasteiger partial charge >= 0.3 is 5.97 Å². The molecule has 0 saturated carbocycles. The number of piperazine rings is 1. The molecule has 0 radical (unpaired) electrons. The van der Waals surface area contributed by atoms with Crippen LogP contribution in [0.5, 0.6) is 0 Å². The molecule has 1 atom stereocenters. The summed E-state index contributed by atoms with van der Waals surface area (Å²) in [6.07, 6.45) is 0. The first kappa shape index (κ1) is 27.3. The number of nitro groups is 1. The molecule has 12 heteroatoms. The van der Waals surface area contributed by atoms with E-state index < -0.39 is 16.8 Å². The Morgan fingerprint density at radius 1 is 1.00 bits per heavy atom. The van der Waals surface area contributed by atoms with Crippen molar-refractivity contribution >= 4 is 23.5 Å². The number of rotatable bonds is 7. The topological polar surface area (TPSA) is 145 Å². The number of ether oxygens (including phenoxy) is 2. The molecule has 2 aromatic carbocycles. The molecule has 2 amide bonds. The van der Waals surface area contributed by atoms with Gasteiger partial charge in [-0.3, -0.25) is 19.7 Å². The number of methoxy groups -OCH3 is 2. The van der Waals surface area contributed by atoms with Gasteiger partial charge in [0.05, 0.1) is 24.3 Å². The fraction of sp³-hybridized carbons (Fsp3) is 0.296. The number of aromatic nitrogens is 2. The number of nitrogens with zero attached hydrogens (tertiary/aromatic N) is 5. The first-order valence-corrected chi connectivity index (χ1v) is 12.1. The van der Waals surface area contributed by atoms with Crippen LogP contribution in [0.3, 0.4) is 0 Å². The van der Waals surface area contributed by atoms with Gasteiger partial charge in [0.25, 0.3) is 17.5 Å². The minimum Gasteiger partial charge on any atom is -0.465 e. The molecule has 1 saturated heterocycles. The van der Waals surface area contributed by atoms with E-state index in [1.54, 1.807) is 24.0 Å². The molecular weight excluding hydrogens is 506 g/mol. The van der Waals surface area contributed by atoms with Crippen molar-refractivity contribution in [2.75, 3.05) is 33.9 Å². The summed E-state index contributed by atoms with van der Waals surface area (Å²) in [7, 11) is 2.67.